The molecule has 0 unspecified atom stereocenters. The van der Waals surface area contributed by atoms with Gasteiger partial charge in [-0.25, -0.2) is 13.2 Å². The molecule has 2 heterocycles. The molecule has 1 aliphatic heterocycles. The third-order valence-electron chi connectivity index (χ3n) is 6.62. The molecule has 4 aromatic rings. The monoisotopic (exact) mass is 498 g/mol. The van der Waals surface area contributed by atoms with Gasteiger partial charge in [0.15, 0.2) is 0 Å². The van der Waals surface area contributed by atoms with Crippen LogP contribution in [0, 0.1) is 11.8 Å². The first-order valence-corrected chi connectivity index (χ1v) is 13.3. The second-order valence-corrected chi connectivity index (χ2v) is 11.7. The Balaban J connectivity index is 1.54. The molecule has 0 amide bonds. The van der Waals surface area contributed by atoms with E-state index >= 15 is 0 Å². The maximum atomic E-state index is 12.7. The van der Waals surface area contributed by atoms with Gasteiger partial charge in [-0.3, -0.25) is 0 Å². The van der Waals surface area contributed by atoms with Gasteiger partial charge in [0.1, 0.15) is 0 Å². The number of nitrogens with one attached hydrogen (secondary N) is 1. The van der Waals surface area contributed by atoms with Crippen molar-refractivity contribution in [3.63, 3.8) is 0 Å². The molecular formula is C29H26N2O4S. The third-order valence-corrected chi connectivity index (χ3v) is 8.84. The van der Waals surface area contributed by atoms with Crippen molar-refractivity contribution in [2.45, 2.75) is 32.1 Å². The van der Waals surface area contributed by atoms with Crippen LogP contribution in [0.2, 0.25) is 0 Å². The number of aromatic carboxylic acids is 1. The molecule has 0 aliphatic carbocycles. The van der Waals surface area contributed by atoms with Crippen LogP contribution in [0.15, 0.2) is 66.9 Å². The van der Waals surface area contributed by atoms with Crippen molar-refractivity contribution >= 4 is 26.9 Å². The number of rotatable bonds is 4. The number of aromatic amines is 1. The van der Waals surface area contributed by atoms with Crippen LogP contribution < -0.4 is 0 Å². The predicted molar refractivity (Wildman–Crippen MR) is 141 cm³/mol. The summed E-state index contributed by atoms with van der Waals surface area (Å²) in [5.41, 5.74) is 5.90. The smallest absolute Gasteiger partial charge is 0.336 e. The summed E-state index contributed by atoms with van der Waals surface area (Å²) in [6, 6.07) is 18.8. The van der Waals surface area contributed by atoms with E-state index in [1.807, 2.05) is 54.7 Å². The first-order chi connectivity index (χ1) is 17.2. The zero-order valence-electron chi connectivity index (χ0n) is 20.1. The van der Waals surface area contributed by atoms with Crippen molar-refractivity contribution < 1.29 is 18.3 Å². The molecule has 0 saturated heterocycles. The summed E-state index contributed by atoms with van der Waals surface area (Å²) in [6.07, 6.45) is 2.52. The van der Waals surface area contributed by atoms with E-state index in [1.165, 1.54) is 0 Å². The Hall–Kier alpha value is -3.86. The van der Waals surface area contributed by atoms with E-state index in [2.05, 4.69) is 16.8 Å². The number of sulfonamides is 1. The van der Waals surface area contributed by atoms with Crippen LogP contribution in [0.4, 0.5) is 0 Å². The normalized spacial score (nSPS) is 13.9. The molecule has 0 bridgehead atoms. The highest BCUT2D eigenvalue weighted by molar-refractivity contribution is 7.89. The quantitative estimate of drug-likeness (QED) is 0.386. The first-order valence-electron chi connectivity index (χ1n) is 11.8. The number of hydrogen-bond acceptors (Lipinski definition) is 3. The van der Waals surface area contributed by atoms with Gasteiger partial charge in [-0.1, -0.05) is 36.1 Å². The summed E-state index contributed by atoms with van der Waals surface area (Å²) < 4.78 is 26.9. The zero-order valence-corrected chi connectivity index (χ0v) is 20.9. The first kappa shape index (κ1) is 23.9. The van der Waals surface area contributed by atoms with Gasteiger partial charge in [0.05, 0.1) is 10.8 Å². The fraction of sp³-hybridized carbons (Fsp3) is 0.207. The molecule has 1 aliphatic rings. The van der Waals surface area contributed by atoms with Crippen LogP contribution in [0.3, 0.4) is 0 Å². The van der Waals surface area contributed by atoms with E-state index in [0.717, 1.165) is 33.2 Å². The molecule has 3 aromatic carbocycles. The van der Waals surface area contributed by atoms with E-state index in [9.17, 15) is 18.3 Å². The van der Waals surface area contributed by atoms with Gasteiger partial charge < -0.3 is 10.1 Å². The lowest BCUT2D eigenvalue weighted by atomic mass is 9.93. The van der Waals surface area contributed by atoms with E-state index in [-0.39, 0.29) is 5.56 Å². The SMILES string of the molecule is CC(C)S(=O)(=O)N1CCc2ccc(C#Cc3cccc(C(=O)O)c3-c3ccc4cc[nH]c4c3)cc2C1. The summed E-state index contributed by atoms with van der Waals surface area (Å²) >= 11 is 0. The molecule has 2 N–H and O–H groups in total. The molecule has 0 radical (unpaired) electrons. The Kier molecular flexibility index (Phi) is 6.17. The van der Waals surface area contributed by atoms with Crippen LogP contribution in [0.25, 0.3) is 22.0 Å². The molecule has 0 fully saturated rings. The van der Waals surface area contributed by atoms with Crippen molar-refractivity contribution in [2.75, 3.05) is 6.54 Å². The number of carboxylic acids is 1. The largest absolute Gasteiger partial charge is 0.478 e. The molecule has 5 rings (SSSR count). The molecule has 6 nitrogen and oxygen atoms in total. The fourth-order valence-corrected chi connectivity index (χ4v) is 5.87. The molecule has 0 atom stereocenters. The van der Waals surface area contributed by atoms with Gasteiger partial charge in [0, 0.05) is 41.5 Å². The van der Waals surface area contributed by atoms with Gasteiger partial charge >= 0.3 is 5.97 Å². The van der Waals surface area contributed by atoms with Gasteiger partial charge in [-0.05, 0) is 78.7 Å². The molecule has 0 saturated carbocycles. The highest BCUT2D eigenvalue weighted by Gasteiger charge is 2.29. The molecule has 0 spiro atoms. The minimum Gasteiger partial charge on any atom is -0.478 e. The standard InChI is InChI=1S/C29H26N2O4S/c1-19(2)36(34,35)31-15-13-21-8-6-20(16-25(21)18-31)7-9-23-4-3-5-26(29(32)33)28(23)24-11-10-22-12-14-30-27(22)17-24/h3-6,8,10-12,14,16-17,19,30H,13,15,18H2,1-2H3,(H,32,33). The molecule has 7 heteroatoms. The lowest BCUT2D eigenvalue weighted by Crippen LogP contribution is -2.39. The number of carbonyl (C=O) groups is 1. The number of benzene rings is 3. The van der Waals surface area contributed by atoms with E-state index < -0.39 is 21.2 Å². The summed E-state index contributed by atoms with van der Waals surface area (Å²) in [4.78, 5) is 15.2. The number of nitrogens with zero attached hydrogens (tertiary/aromatic N) is 1. The average Bonchev–Trinajstić information content (AvgIpc) is 3.34. The molecule has 36 heavy (non-hydrogen) atoms. The number of hydrogen-bond donors (Lipinski definition) is 2. The van der Waals surface area contributed by atoms with Crippen molar-refractivity contribution in [1.29, 1.82) is 0 Å². The van der Waals surface area contributed by atoms with Crippen LogP contribution in [-0.4, -0.2) is 40.6 Å². The van der Waals surface area contributed by atoms with E-state index in [4.69, 9.17) is 0 Å². The Labute approximate surface area is 210 Å². The topological polar surface area (TPSA) is 90.5 Å². The molecule has 1 aromatic heterocycles. The van der Waals surface area contributed by atoms with Crippen LogP contribution >= 0.6 is 0 Å². The highest BCUT2D eigenvalue weighted by Crippen LogP contribution is 2.30. The predicted octanol–water partition coefficient (Wildman–Crippen LogP) is 5.03. The summed E-state index contributed by atoms with van der Waals surface area (Å²) in [5.74, 6) is 5.34. The van der Waals surface area contributed by atoms with Crippen molar-refractivity contribution in [3.05, 3.63) is 94.7 Å². The summed E-state index contributed by atoms with van der Waals surface area (Å²) in [7, 11) is -3.33. The Morgan fingerprint density at radius 1 is 1.03 bits per heavy atom. The van der Waals surface area contributed by atoms with Crippen molar-refractivity contribution in [3.8, 4) is 23.0 Å². The van der Waals surface area contributed by atoms with Crippen LogP contribution in [0.5, 0.6) is 0 Å². The third kappa shape index (κ3) is 4.41. The second kappa shape index (κ2) is 9.30. The van der Waals surface area contributed by atoms with Gasteiger partial charge in [0.2, 0.25) is 10.0 Å². The van der Waals surface area contributed by atoms with Gasteiger partial charge in [0.25, 0.3) is 0 Å². The lowest BCUT2D eigenvalue weighted by Gasteiger charge is -2.29. The number of carboxylic acid groups (broad SMARTS) is 1. The second-order valence-electron chi connectivity index (χ2n) is 9.22. The van der Waals surface area contributed by atoms with Crippen LogP contribution in [0.1, 0.15) is 46.5 Å². The Morgan fingerprint density at radius 3 is 2.64 bits per heavy atom. The fourth-order valence-electron chi connectivity index (χ4n) is 4.61. The van der Waals surface area contributed by atoms with Gasteiger partial charge in [-0.15, -0.1) is 0 Å². The maximum Gasteiger partial charge on any atom is 0.336 e. The maximum absolute atomic E-state index is 12.7. The minimum atomic E-state index is -3.33. The minimum absolute atomic E-state index is 0.188. The lowest BCUT2D eigenvalue weighted by molar-refractivity contribution is 0.0697. The molecule has 182 valence electrons. The summed E-state index contributed by atoms with van der Waals surface area (Å²) in [5, 5.41) is 10.4. The van der Waals surface area contributed by atoms with Gasteiger partial charge in [-0.2, -0.15) is 4.31 Å². The van der Waals surface area contributed by atoms with E-state index in [1.54, 1.807) is 30.3 Å². The molecular weight excluding hydrogens is 472 g/mol. The number of fused-ring (bicyclic) bond motifs is 2. The number of H-pyrrole nitrogens is 1. The van der Waals surface area contributed by atoms with Crippen molar-refractivity contribution in [1.82, 2.24) is 9.29 Å². The highest BCUT2D eigenvalue weighted by atomic mass is 32.2. The Bertz CT molecular complexity index is 1660. The zero-order chi connectivity index (χ0) is 25.4. The van der Waals surface area contributed by atoms with Crippen molar-refractivity contribution in [2.24, 2.45) is 0 Å². The van der Waals surface area contributed by atoms with E-state index in [0.29, 0.717) is 30.6 Å². The summed E-state index contributed by atoms with van der Waals surface area (Å²) in [6.45, 7) is 4.21. The van der Waals surface area contributed by atoms with Crippen LogP contribution in [-0.2, 0) is 23.0 Å². The average molecular weight is 499 g/mol. The Morgan fingerprint density at radius 2 is 1.86 bits per heavy atom. The number of aromatic nitrogens is 1.